The average Bonchev–Trinajstić information content (AvgIpc) is 2.45. The smallest absolute Gasteiger partial charge is 0.305 e. The fraction of sp³-hybridized carbons (Fsp3) is 0.500. The van der Waals surface area contributed by atoms with Crippen LogP contribution in [0.15, 0.2) is 18.2 Å². The molecule has 1 amide bonds. The van der Waals surface area contributed by atoms with Crippen molar-refractivity contribution >= 4 is 11.9 Å². The molecule has 0 saturated carbocycles. The third kappa shape index (κ3) is 4.13. The molecule has 6 nitrogen and oxygen atoms in total. The lowest BCUT2D eigenvalue weighted by Crippen LogP contribution is -2.51. The number of carboxylic acids is 1. The molecule has 1 atom stereocenters. The minimum absolute atomic E-state index is 0.0345. The quantitative estimate of drug-likeness (QED) is 0.807. The minimum Gasteiger partial charge on any atom is -0.493 e. The summed E-state index contributed by atoms with van der Waals surface area (Å²) in [4.78, 5) is 23.4. The van der Waals surface area contributed by atoms with Crippen molar-refractivity contribution in [1.29, 1.82) is 0 Å². The normalized spacial score (nSPS) is 13.4. The summed E-state index contributed by atoms with van der Waals surface area (Å²) >= 11 is 0. The number of carbonyl (C=O) groups excluding carboxylic acids is 1. The van der Waals surface area contributed by atoms with E-state index in [1.165, 1.54) is 14.2 Å². The van der Waals surface area contributed by atoms with Crippen molar-refractivity contribution in [1.82, 2.24) is 5.32 Å². The maximum atomic E-state index is 12.4. The Bertz CT molecular complexity index is 555. The van der Waals surface area contributed by atoms with Gasteiger partial charge in [0, 0.05) is 5.56 Å². The number of carboxylic acid groups (broad SMARTS) is 1. The second kappa shape index (κ2) is 7.15. The Hall–Kier alpha value is -2.24. The van der Waals surface area contributed by atoms with Crippen LogP contribution >= 0.6 is 0 Å². The van der Waals surface area contributed by atoms with Gasteiger partial charge in [-0.25, -0.2) is 0 Å². The number of hydrogen-bond donors (Lipinski definition) is 2. The number of ether oxygens (including phenoxy) is 2. The zero-order chi connectivity index (χ0) is 16.9. The predicted octanol–water partition coefficient (Wildman–Crippen LogP) is 2.32. The lowest BCUT2D eigenvalue weighted by atomic mass is 9.85. The monoisotopic (exact) mass is 309 g/mol. The number of aliphatic carboxylic acids is 1. The summed E-state index contributed by atoms with van der Waals surface area (Å²) in [5.41, 5.74) is -0.453. The second-order valence-corrected chi connectivity index (χ2v) is 5.67. The Morgan fingerprint density at radius 2 is 1.82 bits per heavy atom. The topological polar surface area (TPSA) is 84.9 Å². The minimum atomic E-state index is -0.955. The van der Waals surface area contributed by atoms with Crippen molar-refractivity contribution in [3.63, 3.8) is 0 Å². The van der Waals surface area contributed by atoms with Crippen molar-refractivity contribution < 1.29 is 24.2 Å². The number of nitrogens with one attached hydrogen (secondary N) is 1. The summed E-state index contributed by atoms with van der Waals surface area (Å²) in [5.74, 6) is -0.370. The van der Waals surface area contributed by atoms with Crippen LogP contribution in [0, 0.1) is 5.92 Å². The van der Waals surface area contributed by atoms with Gasteiger partial charge in [-0.3, -0.25) is 9.59 Å². The van der Waals surface area contributed by atoms with E-state index >= 15 is 0 Å². The van der Waals surface area contributed by atoms with Crippen molar-refractivity contribution in [2.45, 2.75) is 32.7 Å². The first kappa shape index (κ1) is 17.8. The van der Waals surface area contributed by atoms with Gasteiger partial charge < -0.3 is 19.9 Å². The molecular formula is C16H23NO5. The lowest BCUT2D eigenvalue weighted by Gasteiger charge is -2.33. The highest BCUT2D eigenvalue weighted by molar-refractivity contribution is 5.95. The molecule has 0 spiro atoms. The molecule has 0 radical (unpaired) electrons. The van der Waals surface area contributed by atoms with Gasteiger partial charge in [0.15, 0.2) is 11.5 Å². The summed E-state index contributed by atoms with van der Waals surface area (Å²) in [5, 5.41) is 11.9. The molecule has 1 unspecified atom stereocenters. The van der Waals surface area contributed by atoms with Crippen molar-refractivity contribution in [3.05, 3.63) is 23.8 Å². The van der Waals surface area contributed by atoms with E-state index in [0.717, 1.165) is 0 Å². The zero-order valence-electron chi connectivity index (χ0n) is 13.6. The third-order valence-corrected chi connectivity index (χ3v) is 3.84. The molecule has 0 heterocycles. The van der Waals surface area contributed by atoms with Gasteiger partial charge in [-0.1, -0.05) is 13.8 Å². The fourth-order valence-corrected chi connectivity index (χ4v) is 2.02. The van der Waals surface area contributed by atoms with Crippen LogP contribution in [-0.4, -0.2) is 36.7 Å². The summed E-state index contributed by atoms with van der Waals surface area (Å²) in [6.07, 6.45) is -0.149. The summed E-state index contributed by atoms with van der Waals surface area (Å²) in [6, 6.07) is 4.81. The average molecular weight is 309 g/mol. The van der Waals surface area contributed by atoms with Crippen molar-refractivity contribution in [2.75, 3.05) is 14.2 Å². The highest BCUT2D eigenvalue weighted by Gasteiger charge is 2.33. The van der Waals surface area contributed by atoms with E-state index < -0.39 is 11.5 Å². The second-order valence-electron chi connectivity index (χ2n) is 5.67. The van der Waals surface area contributed by atoms with Gasteiger partial charge >= 0.3 is 5.97 Å². The van der Waals surface area contributed by atoms with E-state index in [-0.39, 0.29) is 18.2 Å². The number of carbonyl (C=O) groups is 2. The van der Waals surface area contributed by atoms with Crippen LogP contribution in [0.3, 0.4) is 0 Å². The molecule has 22 heavy (non-hydrogen) atoms. The Labute approximate surface area is 130 Å². The number of hydrogen-bond acceptors (Lipinski definition) is 4. The van der Waals surface area contributed by atoms with Crippen molar-refractivity contribution in [3.8, 4) is 11.5 Å². The van der Waals surface area contributed by atoms with Crippen molar-refractivity contribution in [2.24, 2.45) is 5.92 Å². The third-order valence-electron chi connectivity index (χ3n) is 3.84. The van der Waals surface area contributed by atoms with Gasteiger partial charge in [0.25, 0.3) is 5.91 Å². The molecule has 1 rings (SSSR count). The standard InChI is InChI=1S/C16H23NO5/c1-10(2)16(3,9-14(18)19)17-15(20)11-6-7-12(21-4)13(8-11)22-5/h6-8,10H,9H2,1-5H3,(H,17,20)(H,18,19). The van der Waals surface area contributed by atoms with Gasteiger partial charge in [0.1, 0.15) is 0 Å². The predicted molar refractivity (Wildman–Crippen MR) is 82.5 cm³/mol. The maximum absolute atomic E-state index is 12.4. The molecule has 6 heteroatoms. The number of amides is 1. The SMILES string of the molecule is COc1ccc(C(=O)NC(C)(CC(=O)O)C(C)C)cc1OC. The molecule has 0 bridgehead atoms. The molecule has 1 aromatic rings. The van der Waals surface area contributed by atoms with E-state index in [1.807, 2.05) is 13.8 Å². The van der Waals surface area contributed by atoms with Crippen LogP contribution in [0.1, 0.15) is 37.6 Å². The van der Waals surface area contributed by atoms with E-state index in [4.69, 9.17) is 14.6 Å². The van der Waals surface area contributed by atoms with Crippen LogP contribution in [-0.2, 0) is 4.79 Å². The first-order valence-electron chi connectivity index (χ1n) is 7.00. The molecular weight excluding hydrogens is 286 g/mol. The van der Waals surface area contributed by atoms with Crippen LogP contribution in [0.4, 0.5) is 0 Å². The number of rotatable bonds is 7. The van der Waals surface area contributed by atoms with Gasteiger partial charge in [-0.15, -0.1) is 0 Å². The fourth-order valence-electron chi connectivity index (χ4n) is 2.02. The molecule has 0 aliphatic carbocycles. The number of methoxy groups -OCH3 is 2. The first-order chi connectivity index (χ1) is 10.2. The summed E-state index contributed by atoms with van der Waals surface area (Å²) in [7, 11) is 3.00. The van der Waals surface area contributed by atoms with Gasteiger partial charge in [0.05, 0.1) is 26.2 Å². The van der Waals surface area contributed by atoms with Gasteiger partial charge in [-0.05, 0) is 31.0 Å². The molecule has 122 valence electrons. The Kier molecular flexibility index (Phi) is 5.79. The molecule has 0 aliphatic rings. The zero-order valence-corrected chi connectivity index (χ0v) is 13.6. The highest BCUT2D eigenvalue weighted by atomic mass is 16.5. The molecule has 0 saturated heterocycles. The molecule has 0 aromatic heterocycles. The Morgan fingerprint density at radius 3 is 2.27 bits per heavy atom. The molecule has 0 fully saturated rings. The first-order valence-corrected chi connectivity index (χ1v) is 7.00. The maximum Gasteiger partial charge on any atom is 0.305 e. The van der Waals surface area contributed by atoms with Crippen LogP contribution in [0.25, 0.3) is 0 Å². The van der Waals surface area contributed by atoms with Gasteiger partial charge in [0.2, 0.25) is 0 Å². The summed E-state index contributed by atoms with van der Waals surface area (Å²) < 4.78 is 10.3. The number of benzene rings is 1. The largest absolute Gasteiger partial charge is 0.493 e. The molecule has 1 aromatic carbocycles. The Morgan fingerprint density at radius 1 is 1.23 bits per heavy atom. The van der Waals surface area contributed by atoms with E-state index in [0.29, 0.717) is 17.1 Å². The van der Waals surface area contributed by atoms with E-state index in [2.05, 4.69) is 5.32 Å². The lowest BCUT2D eigenvalue weighted by molar-refractivity contribution is -0.138. The highest BCUT2D eigenvalue weighted by Crippen LogP contribution is 2.28. The van der Waals surface area contributed by atoms with E-state index in [1.54, 1.807) is 25.1 Å². The van der Waals surface area contributed by atoms with Crippen LogP contribution < -0.4 is 14.8 Å². The van der Waals surface area contributed by atoms with Crippen LogP contribution in [0.2, 0.25) is 0 Å². The summed E-state index contributed by atoms with van der Waals surface area (Å²) in [6.45, 7) is 5.47. The molecule has 2 N–H and O–H groups in total. The van der Waals surface area contributed by atoms with Crippen LogP contribution in [0.5, 0.6) is 11.5 Å². The molecule has 0 aliphatic heterocycles. The Balaban J connectivity index is 3.02. The van der Waals surface area contributed by atoms with E-state index in [9.17, 15) is 9.59 Å². The van der Waals surface area contributed by atoms with Gasteiger partial charge in [-0.2, -0.15) is 0 Å².